The monoisotopic (exact) mass is 693 g/mol. The van der Waals surface area contributed by atoms with E-state index in [2.05, 4.69) is 170 Å². The number of rotatable bonds is 5. The van der Waals surface area contributed by atoms with Gasteiger partial charge in [0.2, 0.25) is 0 Å². The molecule has 1 aliphatic rings. The van der Waals surface area contributed by atoms with Gasteiger partial charge in [-0.05, 0) is 99.6 Å². The molecule has 3 nitrogen and oxygen atoms in total. The highest BCUT2D eigenvalue weighted by molar-refractivity contribution is 6.10. The van der Waals surface area contributed by atoms with Crippen LogP contribution in [0.5, 0.6) is 0 Å². The number of hydrogen-bond acceptors (Lipinski definition) is 3. The first kappa shape index (κ1) is 30.8. The number of furan rings is 2. The molecule has 0 atom stereocenters. The van der Waals surface area contributed by atoms with E-state index in [0.717, 1.165) is 83.2 Å². The first-order valence-corrected chi connectivity index (χ1v) is 18.6. The van der Waals surface area contributed by atoms with Crippen molar-refractivity contribution in [2.75, 3.05) is 4.90 Å². The van der Waals surface area contributed by atoms with Gasteiger partial charge in [0.15, 0.2) is 0 Å². The summed E-state index contributed by atoms with van der Waals surface area (Å²) in [5, 5.41) is 4.55. The Balaban J connectivity index is 1.02. The van der Waals surface area contributed by atoms with E-state index in [0.29, 0.717) is 0 Å². The quantitative estimate of drug-likeness (QED) is 0.180. The fourth-order valence-corrected chi connectivity index (χ4v) is 8.75. The fraction of sp³-hybridized carbons (Fsp3) is 0.0588. The Morgan fingerprint density at radius 2 is 0.926 bits per heavy atom. The summed E-state index contributed by atoms with van der Waals surface area (Å²) in [6, 6.07) is 63.1. The van der Waals surface area contributed by atoms with Crippen molar-refractivity contribution < 1.29 is 8.83 Å². The summed E-state index contributed by atoms with van der Waals surface area (Å²) in [4.78, 5) is 2.38. The number of nitrogens with zero attached hydrogens (tertiary/aromatic N) is 1. The minimum atomic E-state index is -0.109. The summed E-state index contributed by atoms with van der Waals surface area (Å²) in [5.74, 6) is 0. The van der Waals surface area contributed by atoms with Gasteiger partial charge in [-0.15, -0.1) is 0 Å². The normalized spacial score (nSPS) is 13.1. The Morgan fingerprint density at radius 3 is 1.70 bits per heavy atom. The molecule has 10 aromatic rings. The van der Waals surface area contributed by atoms with Gasteiger partial charge in [0, 0.05) is 49.6 Å². The third kappa shape index (κ3) is 4.61. The van der Waals surface area contributed by atoms with Crippen LogP contribution in [0.2, 0.25) is 0 Å². The summed E-state index contributed by atoms with van der Waals surface area (Å²) in [7, 11) is 0. The van der Waals surface area contributed by atoms with Crippen molar-refractivity contribution >= 4 is 60.9 Å². The van der Waals surface area contributed by atoms with Crippen molar-refractivity contribution in [3.8, 4) is 33.4 Å². The Kier molecular flexibility index (Phi) is 6.60. The largest absolute Gasteiger partial charge is 0.456 e. The van der Waals surface area contributed by atoms with Crippen molar-refractivity contribution in [3.63, 3.8) is 0 Å². The van der Waals surface area contributed by atoms with Crippen LogP contribution in [0, 0.1) is 0 Å². The molecule has 0 aliphatic heterocycles. The molecular weight excluding hydrogens is 659 g/mol. The molecule has 0 bridgehead atoms. The van der Waals surface area contributed by atoms with Crippen LogP contribution in [-0.4, -0.2) is 0 Å². The molecule has 0 spiro atoms. The molecule has 8 aromatic carbocycles. The standard InChI is InChI=1S/C51H35NO2/c1-51(2)45-15-6-3-10-39(45)40-28-27-37(31-46(40)51)52(35-23-18-32(19-24-35)34-22-29-49-44(30-34)42-12-5-7-16-47(42)53-49)36-25-20-33(21-26-36)38-13-9-14-43-41-11-4-8-17-48(41)54-50(38)43/h3-31H,1-2H3. The number of benzene rings is 8. The van der Waals surface area contributed by atoms with E-state index in [1.165, 1.54) is 22.3 Å². The van der Waals surface area contributed by atoms with Gasteiger partial charge in [-0.1, -0.05) is 129 Å². The molecule has 2 heterocycles. The number of para-hydroxylation sites is 3. The van der Waals surface area contributed by atoms with Gasteiger partial charge in [0.05, 0.1) is 0 Å². The summed E-state index contributed by atoms with van der Waals surface area (Å²) >= 11 is 0. The lowest BCUT2D eigenvalue weighted by Crippen LogP contribution is -2.16. The average molecular weight is 694 g/mol. The maximum Gasteiger partial charge on any atom is 0.143 e. The van der Waals surface area contributed by atoms with Crippen LogP contribution in [0.4, 0.5) is 17.1 Å². The molecule has 0 saturated carbocycles. The maximum atomic E-state index is 6.42. The van der Waals surface area contributed by atoms with E-state index in [9.17, 15) is 0 Å². The second kappa shape index (κ2) is 11.6. The molecule has 0 saturated heterocycles. The first-order chi connectivity index (χ1) is 26.5. The zero-order valence-electron chi connectivity index (χ0n) is 30.0. The molecule has 3 heteroatoms. The molecule has 2 aromatic heterocycles. The Bertz CT molecular complexity index is 3070. The molecule has 0 unspecified atom stereocenters. The first-order valence-electron chi connectivity index (χ1n) is 18.6. The van der Waals surface area contributed by atoms with E-state index in [1.807, 2.05) is 24.3 Å². The predicted octanol–water partition coefficient (Wildman–Crippen LogP) is 14.6. The highest BCUT2D eigenvalue weighted by Crippen LogP contribution is 2.51. The van der Waals surface area contributed by atoms with E-state index in [4.69, 9.17) is 8.83 Å². The van der Waals surface area contributed by atoms with Gasteiger partial charge in [-0.25, -0.2) is 0 Å². The molecule has 0 fully saturated rings. The van der Waals surface area contributed by atoms with Gasteiger partial charge in [-0.3, -0.25) is 0 Å². The number of anilines is 3. The third-order valence-corrected chi connectivity index (χ3v) is 11.5. The molecule has 11 rings (SSSR count). The average Bonchev–Trinajstić information content (AvgIpc) is 3.86. The van der Waals surface area contributed by atoms with Crippen molar-refractivity contribution in [1.29, 1.82) is 0 Å². The minimum absolute atomic E-state index is 0.109. The number of hydrogen-bond donors (Lipinski definition) is 0. The Hall–Kier alpha value is -6.84. The maximum absolute atomic E-state index is 6.42. The van der Waals surface area contributed by atoms with E-state index < -0.39 is 0 Å². The SMILES string of the molecule is CC1(C)c2ccccc2-c2ccc(N(c3ccc(-c4ccc5oc6ccccc6c5c4)cc3)c3ccc(-c4cccc5c4oc4ccccc45)cc3)cc21. The molecule has 54 heavy (non-hydrogen) atoms. The molecule has 1 aliphatic carbocycles. The van der Waals surface area contributed by atoms with Gasteiger partial charge in [0.1, 0.15) is 22.3 Å². The molecule has 0 amide bonds. The zero-order valence-corrected chi connectivity index (χ0v) is 30.0. The van der Waals surface area contributed by atoms with Crippen LogP contribution in [0.1, 0.15) is 25.0 Å². The molecule has 0 N–H and O–H groups in total. The second-order valence-corrected chi connectivity index (χ2v) is 14.9. The van der Waals surface area contributed by atoms with Crippen molar-refractivity contribution in [2.24, 2.45) is 0 Å². The van der Waals surface area contributed by atoms with Crippen LogP contribution in [0.3, 0.4) is 0 Å². The van der Waals surface area contributed by atoms with Crippen LogP contribution < -0.4 is 4.90 Å². The van der Waals surface area contributed by atoms with Gasteiger partial charge >= 0.3 is 0 Å². The highest BCUT2D eigenvalue weighted by Gasteiger charge is 2.35. The number of fused-ring (bicyclic) bond motifs is 9. The van der Waals surface area contributed by atoms with Crippen molar-refractivity contribution in [1.82, 2.24) is 0 Å². The third-order valence-electron chi connectivity index (χ3n) is 11.5. The summed E-state index contributed by atoms with van der Waals surface area (Å²) < 4.78 is 12.5. The van der Waals surface area contributed by atoms with Crippen LogP contribution in [0.15, 0.2) is 185 Å². The summed E-state index contributed by atoms with van der Waals surface area (Å²) in [6.07, 6.45) is 0. The lowest BCUT2D eigenvalue weighted by Gasteiger charge is -2.28. The van der Waals surface area contributed by atoms with Crippen LogP contribution in [-0.2, 0) is 5.41 Å². The van der Waals surface area contributed by atoms with E-state index in [1.54, 1.807) is 0 Å². The second-order valence-electron chi connectivity index (χ2n) is 14.9. The van der Waals surface area contributed by atoms with Crippen LogP contribution in [0.25, 0.3) is 77.3 Å². The Morgan fingerprint density at radius 1 is 0.370 bits per heavy atom. The van der Waals surface area contributed by atoms with Crippen molar-refractivity contribution in [3.05, 3.63) is 187 Å². The van der Waals surface area contributed by atoms with Gasteiger partial charge in [-0.2, -0.15) is 0 Å². The smallest absolute Gasteiger partial charge is 0.143 e. The van der Waals surface area contributed by atoms with Crippen molar-refractivity contribution in [2.45, 2.75) is 19.3 Å². The molecule has 256 valence electrons. The highest BCUT2D eigenvalue weighted by atomic mass is 16.3. The summed E-state index contributed by atoms with van der Waals surface area (Å²) in [6.45, 7) is 4.68. The fourth-order valence-electron chi connectivity index (χ4n) is 8.75. The Labute approximate surface area is 313 Å². The van der Waals surface area contributed by atoms with Gasteiger partial charge in [0.25, 0.3) is 0 Å². The van der Waals surface area contributed by atoms with E-state index in [-0.39, 0.29) is 5.41 Å². The van der Waals surface area contributed by atoms with E-state index >= 15 is 0 Å². The predicted molar refractivity (Wildman–Crippen MR) is 224 cm³/mol. The van der Waals surface area contributed by atoms with Crippen LogP contribution >= 0.6 is 0 Å². The molecule has 0 radical (unpaired) electrons. The summed E-state index contributed by atoms with van der Waals surface area (Å²) in [5.41, 5.74) is 16.7. The topological polar surface area (TPSA) is 29.5 Å². The lowest BCUT2D eigenvalue weighted by atomic mass is 9.82. The molecular formula is C51H35NO2. The lowest BCUT2D eigenvalue weighted by molar-refractivity contribution is 0.660. The zero-order chi connectivity index (χ0) is 36.0. The van der Waals surface area contributed by atoms with Gasteiger partial charge < -0.3 is 13.7 Å². The minimum Gasteiger partial charge on any atom is -0.456 e.